The Morgan fingerprint density at radius 2 is 0.683 bits per heavy atom. The molecule has 0 radical (unpaired) electrons. The quantitative estimate of drug-likeness (QED) is 0.154. The summed E-state index contributed by atoms with van der Waals surface area (Å²) in [4.78, 5) is 0. The van der Waals surface area contributed by atoms with Gasteiger partial charge in [0.1, 0.15) is 0 Å². The van der Waals surface area contributed by atoms with E-state index in [1.54, 1.807) is 32.1 Å². The minimum absolute atomic E-state index is 0.412. The van der Waals surface area contributed by atoms with Gasteiger partial charge in [-0.1, -0.05) is 245 Å². The summed E-state index contributed by atoms with van der Waals surface area (Å²) in [5.74, 6) is 28.9. The zero-order valence-corrected chi connectivity index (χ0v) is 75.0. The number of rotatable bonds is 16. The normalized spacial score (nSPS) is 48.3. The zero-order valence-electron chi connectivity index (χ0n) is 75.0. The van der Waals surface area contributed by atoms with Gasteiger partial charge in [0.2, 0.25) is 0 Å². The lowest BCUT2D eigenvalue weighted by Gasteiger charge is -2.40. The topological polar surface area (TPSA) is 36.9 Å². The van der Waals surface area contributed by atoms with Gasteiger partial charge >= 0.3 is 0 Å². The molecule has 4 saturated heterocycles. The average molecular weight is 1450 g/mol. The van der Waals surface area contributed by atoms with Crippen LogP contribution in [-0.4, -0.2) is 48.8 Å². The summed E-state index contributed by atoms with van der Waals surface area (Å²) in [5, 5.41) is 0. The fourth-order valence-corrected chi connectivity index (χ4v) is 31.0. The standard InChI is InChI=1S/C16H28.C15H26O.C15H26.C14H24O.C11H22.C10H20O.C10H20.C9H18O/c1-5-10-7-11(6-2)15-13-8-12(14(10)15)9-16(13,3)4;1-5-11-13-9-7-10(15(3,4)8-9)14(13)12(6-2)16-11;1-4-10-7-11(5-2)15-13-8-12(14(10)15)6-9(13)3;1-4-11-13-9-6-8(3)10(7-9)14(13)12(5-2)15-11;1-5-9-7-10(6-2)11(3,4)8-9;1-5-8-7-10(3,4)9(6-2)11-8;1-4-9-6-8(3)10(5-2)7-9;1-4-8-6-7(3)9(5-2)10-8/h10-15H,5-9H2,1-4H3;9-14H,5-8H2,1-4H3;9-15H,4-8H2,1-3H3;8-14H,4-7H2,1-3H3;9-10H,5-8H2,1-4H3;8-9H,5-7H2,1-4H3;8-10H,4-7H2,1-3H3;7-9H,4-6H2,1-3H3. The highest BCUT2D eigenvalue weighted by Crippen LogP contribution is 2.71. The molecule has 608 valence electrons. The van der Waals surface area contributed by atoms with E-state index in [9.17, 15) is 0 Å². The maximum absolute atomic E-state index is 6.30. The van der Waals surface area contributed by atoms with Crippen LogP contribution < -0.4 is 0 Å². The minimum atomic E-state index is 0.412. The molecule has 16 rings (SSSR count). The molecule has 0 aromatic heterocycles. The first kappa shape index (κ1) is 87.8. The second kappa shape index (κ2) is 37.9. The van der Waals surface area contributed by atoms with Gasteiger partial charge in [-0.05, 0) is 341 Å². The van der Waals surface area contributed by atoms with Crippen molar-refractivity contribution in [3.63, 3.8) is 0 Å². The molecule has 0 spiro atoms. The van der Waals surface area contributed by atoms with Crippen LogP contribution in [0.15, 0.2) is 0 Å². The monoisotopic (exact) mass is 1450 g/mol. The molecule has 12 aliphatic carbocycles. The molecule has 12 saturated carbocycles. The van der Waals surface area contributed by atoms with E-state index in [0.717, 1.165) is 172 Å². The summed E-state index contributed by atoms with van der Waals surface area (Å²) >= 11 is 0. The molecule has 0 aromatic carbocycles. The third kappa shape index (κ3) is 18.6. The highest BCUT2D eigenvalue weighted by Gasteiger charge is 2.65. The lowest BCUT2D eigenvalue weighted by Crippen LogP contribution is -2.36. The van der Waals surface area contributed by atoms with E-state index in [1.807, 2.05) is 0 Å². The molecule has 104 heavy (non-hydrogen) atoms. The van der Waals surface area contributed by atoms with Crippen molar-refractivity contribution >= 4 is 0 Å². The number of fused-ring (bicyclic) bond motifs is 20. The minimum Gasteiger partial charge on any atom is -0.375 e. The van der Waals surface area contributed by atoms with Crippen LogP contribution in [0.1, 0.15) is 399 Å². The Kier molecular flexibility index (Phi) is 32.0. The van der Waals surface area contributed by atoms with E-state index >= 15 is 0 Å². The molecule has 36 unspecified atom stereocenters. The molecule has 0 N–H and O–H groups in total. The summed E-state index contributed by atoms with van der Waals surface area (Å²) in [7, 11) is 0. The molecule has 16 fully saturated rings. The molecule has 4 nitrogen and oxygen atoms in total. The predicted molar refractivity (Wildman–Crippen MR) is 449 cm³/mol. The summed E-state index contributed by atoms with van der Waals surface area (Å²) in [5.41, 5.74) is 2.30. The van der Waals surface area contributed by atoms with Crippen LogP contribution in [-0.2, 0) is 18.9 Å². The Hall–Kier alpha value is -0.160. The van der Waals surface area contributed by atoms with E-state index in [0.29, 0.717) is 70.5 Å². The lowest BCUT2D eigenvalue weighted by molar-refractivity contribution is 0.0105. The molecule has 8 bridgehead atoms. The van der Waals surface area contributed by atoms with E-state index in [2.05, 4.69) is 194 Å². The first-order valence-corrected chi connectivity index (χ1v) is 48.0. The van der Waals surface area contributed by atoms with Crippen LogP contribution >= 0.6 is 0 Å². The summed E-state index contributed by atoms with van der Waals surface area (Å²) in [6.07, 6.45) is 49.3. The van der Waals surface area contributed by atoms with Gasteiger partial charge in [-0.25, -0.2) is 0 Å². The second-order valence-corrected chi connectivity index (χ2v) is 43.4. The smallest absolute Gasteiger partial charge is 0.0628 e. The number of ether oxygens (including phenoxy) is 4. The van der Waals surface area contributed by atoms with Crippen LogP contribution in [0.2, 0.25) is 0 Å². The van der Waals surface area contributed by atoms with Crippen molar-refractivity contribution in [3.05, 3.63) is 0 Å². The van der Waals surface area contributed by atoms with Crippen LogP contribution in [0.4, 0.5) is 0 Å². The van der Waals surface area contributed by atoms with Gasteiger partial charge in [0.05, 0.1) is 48.8 Å². The van der Waals surface area contributed by atoms with Gasteiger partial charge in [-0.3, -0.25) is 0 Å². The van der Waals surface area contributed by atoms with Crippen molar-refractivity contribution in [2.75, 3.05) is 0 Å². The second-order valence-electron chi connectivity index (χ2n) is 43.4. The maximum atomic E-state index is 6.30. The first-order chi connectivity index (χ1) is 49.4. The van der Waals surface area contributed by atoms with Crippen molar-refractivity contribution in [1.82, 2.24) is 0 Å². The third-order valence-corrected chi connectivity index (χ3v) is 36.2. The molecule has 4 aliphatic heterocycles. The van der Waals surface area contributed by atoms with Gasteiger partial charge in [0.15, 0.2) is 0 Å². The van der Waals surface area contributed by atoms with Gasteiger partial charge in [-0.2, -0.15) is 0 Å². The average Bonchev–Trinajstić information content (AvgIpc) is 1.57. The number of hydrogen-bond acceptors (Lipinski definition) is 4. The van der Waals surface area contributed by atoms with Crippen molar-refractivity contribution < 1.29 is 18.9 Å². The summed E-state index contributed by atoms with van der Waals surface area (Å²) in [6.45, 7) is 66.4. The molecular weight excluding hydrogens is 1270 g/mol. The van der Waals surface area contributed by atoms with E-state index in [-0.39, 0.29) is 0 Å². The van der Waals surface area contributed by atoms with Crippen LogP contribution in [0.25, 0.3) is 0 Å². The van der Waals surface area contributed by atoms with Gasteiger partial charge in [0.25, 0.3) is 0 Å². The lowest BCUT2D eigenvalue weighted by atomic mass is 9.64. The molecule has 4 heterocycles. The molecular formula is C100H184O4. The third-order valence-electron chi connectivity index (χ3n) is 36.2. The fraction of sp³-hybridized carbons (Fsp3) is 1.00. The van der Waals surface area contributed by atoms with E-state index in [4.69, 9.17) is 18.9 Å². The highest BCUT2D eigenvalue weighted by atomic mass is 16.5. The Morgan fingerprint density at radius 1 is 0.240 bits per heavy atom. The molecule has 16 aliphatic rings. The molecule has 0 aromatic rings. The van der Waals surface area contributed by atoms with Crippen molar-refractivity contribution in [2.24, 2.45) is 187 Å². The molecule has 0 amide bonds. The van der Waals surface area contributed by atoms with Crippen molar-refractivity contribution in [1.29, 1.82) is 0 Å². The van der Waals surface area contributed by atoms with Crippen LogP contribution in [0.3, 0.4) is 0 Å². The van der Waals surface area contributed by atoms with Crippen LogP contribution in [0, 0.1) is 187 Å². The Balaban J connectivity index is 0.000000139. The number of hydrogen-bond donors (Lipinski definition) is 0. The predicted octanol–water partition coefficient (Wildman–Crippen LogP) is 29.4. The zero-order chi connectivity index (χ0) is 76.2. The Labute approximate surface area is 650 Å². The maximum Gasteiger partial charge on any atom is 0.0628 e. The summed E-state index contributed by atoms with van der Waals surface area (Å²) < 4.78 is 24.2. The SMILES string of the molecule is CCC1CC(C)(C)C(CC)O1.CCC1CC(C)C(CC)C1.CCC1CC(C)C(CC)O1.CCC1CC(CC)C(C)(C)C1.CCC1CC(CC)C2C1C1CC2C(C)(C)C1.CCC1CC(CC)C2C3CC(CC3C)C12.CCC1OC(CC)C2C1C1CC2C(C)(C)C1.CCC1OC(CC)C2C3CC(CC3C)C12. The van der Waals surface area contributed by atoms with E-state index in [1.165, 1.54) is 167 Å². The highest BCUT2D eigenvalue weighted by molar-refractivity contribution is 5.13. The van der Waals surface area contributed by atoms with Gasteiger partial charge in [0, 0.05) is 0 Å². The van der Waals surface area contributed by atoms with Crippen LogP contribution in [0.5, 0.6) is 0 Å². The summed E-state index contributed by atoms with van der Waals surface area (Å²) in [6, 6.07) is 0. The fourth-order valence-electron chi connectivity index (χ4n) is 31.0. The first-order valence-electron chi connectivity index (χ1n) is 48.0. The van der Waals surface area contributed by atoms with Crippen molar-refractivity contribution in [2.45, 2.75) is 448 Å². The largest absolute Gasteiger partial charge is 0.375 e. The van der Waals surface area contributed by atoms with E-state index < -0.39 is 0 Å². The molecule has 4 heteroatoms. The Morgan fingerprint density at radius 3 is 1.09 bits per heavy atom. The van der Waals surface area contributed by atoms with Gasteiger partial charge in [-0.15, -0.1) is 0 Å². The Bertz CT molecular complexity index is 2320. The van der Waals surface area contributed by atoms with Crippen molar-refractivity contribution in [3.8, 4) is 0 Å². The molecule has 36 atom stereocenters. The van der Waals surface area contributed by atoms with Gasteiger partial charge < -0.3 is 18.9 Å².